The SMILES string of the molecule is COc1ccccc1NC(=O)CN(C(C)=O)c1ccc(OC(C)C)cc1. The van der Waals surface area contributed by atoms with E-state index in [9.17, 15) is 9.59 Å². The van der Waals surface area contributed by atoms with E-state index in [0.717, 1.165) is 0 Å². The van der Waals surface area contributed by atoms with Gasteiger partial charge in [-0.15, -0.1) is 0 Å². The summed E-state index contributed by atoms with van der Waals surface area (Å²) < 4.78 is 10.8. The Balaban J connectivity index is 2.10. The van der Waals surface area contributed by atoms with Gasteiger partial charge in [0.15, 0.2) is 0 Å². The van der Waals surface area contributed by atoms with Crippen molar-refractivity contribution in [2.45, 2.75) is 26.9 Å². The fourth-order valence-corrected chi connectivity index (χ4v) is 2.44. The van der Waals surface area contributed by atoms with Crippen molar-refractivity contribution in [2.75, 3.05) is 23.9 Å². The van der Waals surface area contributed by atoms with Gasteiger partial charge in [-0.1, -0.05) is 12.1 Å². The molecule has 6 nitrogen and oxygen atoms in total. The van der Waals surface area contributed by atoms with Gasteiger partial charge in [-0.25, -0.2) is 0 Å². The Bertz CT molecular complexity index is 757. The molecule has 0 spiro atoms. The van der Waals surface area contributed by atoms with Crippen molar-refractivity contribution in [3.8, 4) is 11.5 Å². The Morgan fingerprint density at radius 1 is 1.08 bits per heavy atom. The van der Waals surface area contributed by atoms with Crippen molar-refractivity contribution in [1.82, 2.24) is 0 Å². The summed E-state index contributed by atoms with van der Waals surface area (Å²) in [6.07, 6.45) is 0.0661. The van der Waals surface area contributed by atoms with Gasteiger partial charge in [-0.2, -0.15) is 0 Å². The largest absolute Gasteiger partial charge is 0.495 e. The fraction of sp³-hybridized carbons (Fsp3) is 0.300. The molecule has 2 amide bonds. The number of nitrogens with zero attached hydrogens (tertiary/aromatic N) is 1. The molecular formula is C20H24N2O4. The van der Waals surface area contributed by atoms with Gasteiger partial charge in [0.05, 0.1) is 18.9 Å². The van der Waals surface area contributed by atoms with Crippen LogP contribution in [0.4, 0.5) is 11.4 Å². The van der Waals surface area contributed by atoms with Gasteiger partial charge in [-0.05, 0) is 50.2 Å². The summed E-state index contributed by atoms with van der Waals surface area (Å²) in [4.78, 5) is 25.8. The number of anilines is 2. The predicted molar refractivity (Wildman–Crippen MR) is 102 cm³/mol. The first-order valence-electron chi connectivity index (χ1n) is 8.38. The van der Waals surface area contributed by atoms with E-state index in [2.05, 4.69) is 5.32 Å². The maximum Gasteiger partial charge on any atom is 0.244 e. The second-order valence-electron chi connectivity index (χ2n) is 6.01. The molecule has 0 heterocycles. The third-order valence-electron chi connectivity index (χ3n) is 3.58. The van der Waals surface area contributed by atoms with Gasteiger partial charge in [0.25, 0.3) is 0 Å². The van der Waals surface area contributed by atoms with Crippen LogP contribution in [0.15, 0.2) is 48.5 Å². The lowest BCUT2D eigenvalue weighted by Crippen LogP contribution is -2.36. The van der Waals surface area contributed by atoms with E-state index in [0.29, 0.717) is 22.9 Å². The molecule has 1 N–H and O–H groups in total. The van der Waals surface area contributed by atoms with Crippen LogP contribution >= 0.6 is 0 Å². The highest BCUT2D eigenvalue weighted by Crippen LogP contribution is 2.24. The van der Waals surface area contributed by atoms with E-state index in [-0.39, 0.29) is 24.5 Å². The van der Waals surface area contributed by atoms with E-state index < -0.39 is 0 Å². The number of hydrogen-bond donors (Lipinski definition) is 1. The van der Waals surface area contributed by atoms with Crippen LogP contribution in [0, 0.1) is 0 Å². The molecule has 0 aliphatic rings. The number of ether oxygens (including phenoxy) is 2. The molecule has 2 aromatic rings. The lowest BCUT2D eigenvalue weighted by molar-refractivity contribution is -0.120. The Morgan fingerprint density at radius 2 is 1.73 bits per heavy atom. The summed E-state index contributed by atoms with van der Waals surface area (Å²) in [5.74, 6) is 0.737. The number of nitrogens with one attached hydrogen (secondary N) is 1. The Kier molecular flexibility index (Phi) is 6.60. The molecule has 0 saturated carbocycles. The van der Waals surface area contributed by atoms with Crippen molar-refractivity contribution >= 4 is 23.2 Å². The van der Waals surface area contributed by atoms with Gasteiger partial charge < -0.3 is 19.7 Å². The number of benzene rings is 2. The molecule has 0 radical (unpaired) electrons. The topological polar surface area (TPSA) is 67.9 Å². The molecule has 0 aromatic heterocycles. The Hall–Kier alpha value is -3.02. The van der Waals surface area contributed by atoms with Crippen LogP contribution in [-0.4, -0.2) is 31.6 Å². The first-order valence-corrected chi connectivity index (χ1v) is 8.38. The second kappa shape index (κ2) is 8.89. The summed E-state index contributed by atoms with van der Waals surface area (Å²) in [5, 5.41) is 2.77. The molecule has 6 heteroatoms. The average molecular weight is 356 g/mol. The Labute approximate surface area is 153 Å². The zero-order chi connectivity index (χ0) is 19.1. The first kappa shape index (κ1) is 19.3. The van der Waals surface area contributed by atoms with Gasteiger partial charge in [0.2, 0.25) is 11.8 Å². The number of amides is 2. The zero-order valence-corrected chi connectivity index (χ0v) is 15.5. The van der Waals surface area contributed by atoms with Gasteiger partial charge >= 0.3 is 0 Å². The van der Waals surface area contributed by atoms with Gasteiger partial charge in [0.1, 0.15) is 18.0 Å². The molecule has 0 bridgehead atoms. The van der Waals surface area contributed by atoms with Crippen LogP contribution in [0.3, 0.4) is 0 Å². The first-order chi connectivity index (χ1) is 12.4. The standard InChI is InChI=1S/C20H24N2O4/c1-14(2)26-17-11-9-16(10-12-17)22(15(3)23)13-20(24)21-18-7-5-6-8-19(18)25-4/h5-12,14H,13H2,1-4H3,(H,21,24). The zero-order valence-electron chi connectivity index (χ0n) is 15.5. The fourth-order valence-electron chi connectivity index (χ4n) is 2.44. The van der Waals surface area contributed by atoms with Crippen LogP contribution in [0.5, 0.6) is 11.5 Å². The van der Waals surface area contributed by atoms with E-state index in [1.54, 1.807) is 42.5 Å². The number of hydrogen-bond acceptors (Lipinski definition) is 4. The van der Waals surface area contributed by atoms with Crippen molar-refractivity contribution in [1.29, 1.82) is 0 Å². The smallest absolute Gasteiger partial charge is 0.244 e. The minimum Gasteiger partial charge on any atom is -0.495 e. The molecule has 0 fully saturated rings. The van der Waals surface area contributed by atoms with Gasteiger partial charge in [0, 0.05) is 12.6 Å². The highest BCUT2D eigenvalue weighted by Gasteiger charge is 2.17. The summed E-state index contributed by atoms with van der Waals surface area (Å²) in [7, 11) is 1.54. The number of carbonyl (C=O) groups is 2. The maximum atomic E-state index is 12.4. The number of carbonyl (C=O) groups excluding carboxylic acids is 2. The summed E-state index contributed by atoms with van der Waals surface area (Å²) in [6.45, 7) is 5.21. The Morgan fingerprint density at radius 3 is 2.31 bits per heavy atom. The molecular weight excluding hydrogens is 332 g/mol. The summed E-state index contributed by atoms with van der Waals surface area (Å²) in [5.41, 5.74) is 1.19. The normalized spacial score (nSPS) is 10.3. The van der Waals surface area contributed by atoms with Crippen LogP contribution in [0.1, 0.15) is 20.8 Å². The van der Waals surface area contributed by atoms with Crippen LogP contribution < -0.4 is 19.7 Å². The van der Waals surface area contributed by atoms with E-state index in [4.69, 9.17) is 9.47 Å². The number of methoxy groups -OCH3 is 1. The minimum absolute atomic E-state index is 0.0661. The third kappa shape index (κ3) is 5.24. The van der Waals surface area contributed by atoms with Crippen LogP contribution in [-0.2, 0) is 9.59 Å². The minimum atomic E-state index is -0.313. The second-order valence-corrected chi connectivity index (χ2v) is 6.01. The highest BCUT2D eigenvalue weighted by molar-refractivity contribution is 6.02. The van der Waals surface area contributed by atoms with Crippen molar-refractivity contribution in [2.24, 2.45) is 0 Å². The highest BCUT2D eigenvalue weighted by atomic mass is 16.5. The molecule has 138 valence electrons. The van der Waals surface area contributed by atoms with Crippen molar-refractivity contribution in [3.63, 3.8) is 0 Å². The third-order valence-corrected chi connectivity index (χ3v) is 3.58. The predicted octanol–water partition coefficient (Wildman–Crippen LogP) is 3.47. The molecule has 0 aliphatic carbocycles. The lowest BCUT2D eigenvalue weighted by Gasteiger charge is -2.21. The average Bonchev–Trinajstić information content (AvgIpc) is 2.60. The van der Waals surface area contributed by atoms with Crippen molar-refractivity contribution < 1.29 is 19.1 Å². The molecule has 0 atom stereocenters. The van der Waals surface area contributed by atoms with Crippen molar-refractivity contribution in [3.05, 3.63) is 48.5 Å². The molecule has 0 aliphatic heterocycles. The van der Waals surface area contributed by atoms with Crippen LogP contribution in [0.25, 0.3) is 0 Å². The monoisotopic (exact) mass is 356 g/mol. The van der Waals surface area contributed by atoms with E-state index in [1.807, 2.05) is 19.9 Å². The number of para-hydroxylation sites is 2. The molecule has 0 saturated heterocycles. The van der Waals surface area contributed by atoms with E-state index >= 15 is 0 Å². The molecule has 2 rings (SSSR count). The van der Waals surface area contributed by atoms with Crippen LogP contribution in [0.2, 0.25) is 0 Å². The lowest BCUT2D eigenvalue weighted by atomic mass is 10.2. The molecule has 2 aromatic carbocycles. The molecule has 26 heavy (non-hydrogen) atoms. The summed E-state index contributed by atoms with van der Waals surface area (Å²) in [6, 6.07) is 14.2. The maximum absolute atomic E-state index is 12.4. The summed E-state index contributed by atoms with van der Waals surface area (Å²) >= 11 is 0. The molecule has 0 unspecified atom stereocenters. The van der Waals surface area contributed by atoms with E-state index in [1.165, 1.54) is 18.9 Å². The quantitative estimate of drug-likeness (QED) is 0.825. The number of rotatable bonds is 7. The van der Waals surface area contributed by atoms with Gasteiger partial charge in [-0.3, -0.25) is 9.59 Å².